The van der Waals surface area contributed by atoms with Gasteiger partial charge in [0.2, 0.25) is 5.91 Å². The van der Waals surface area contributed by atoms with E-state index in [2.05, 4.69) is 5.32 Å². The molecule has 3 aliphatic rings. The lowest BCUT2D eigenvalue weighted by Crippen LogP contribution is -2.55. The van der Waals surface area contributed by atoms with Gasteiger partial charge in [0.25, 0.3) is 5.91 Å². The summed E-state index contributed by atoms with van der Waals surface area (Å²) in [7, 11) is 3.36. The molecule has 0 saturated heterocycles. The number of aromatic hydroxyl groups is 1. The molecule has 4 rings (SSSR count). The van der Waals surface area contributed by atoms with Gasteiger partial charge in [0.15, 0.2) is 11.6 Å². The minimum atomic E-state index is -1.30. The summed E-state index contributed by atoms with van der Waals surface area (Å²) in [5.41, 5.74) is 5.67. The number of aryl methyl sites for hydroxylation is 1. The molecule has 5 atom stereocenters. The van der Waals surface area contributed by atoms with Gasteiger partial charge in [-0.05, 0) is 76.6 Å². The van der Waals surface area contributed by atoms with E-state index in [0.29, 0.717) is 11.1 Å². The number of hydrogen-bond donors (Lipinski definition) is 5. The fraction of sp³-hybridized carbons (Fsp3) is 0.517. The quantitative estimate of drug-likeness (QED) is 0.280. The zero-order valence-corrected chi connectivity index (χ0v) is 23.2. The second-order valence-corrected chi connectivity index (χ2v) is 12.1. The number of aliphatic hydroxyl groups excluding tert-OH is 2. The van der Waals surface area contributed by atoms with Crippen molar-refractivity contribution in [2.45, 2.75) is 64.5 Å². The second kappa shape index (κ2) is 9.82. The Morgan fingerprint density at radius 1 is 1.10 bits per heavy atom. The standard InChI is InChI=1S/C29H37N3O7/c1-12-14-9-7-13(8-10-17(33)31-29(2,3)4)23(34)18(14)24(35)19-15(12)11-16-20(25(19)36)26(37)21(28(30)39)27(38)22(16)32(5)6/h7,9,12,15-16,20,22,34-35,38H,8,10-11H2,1-6H3,(H2,30,39)(H,31,33). The number of phenolic OH excluding ortho intramolecular Hbond substituents is 1. The van der Waals surface area contributed by atoms with Crippen LogP contribution >= 0.6 is 0 Å². The number of allylic oxidation sites excluding steroid dienone is 1. The lowest BCUT2D eigenvalue weighted by atomic mass is 9.57. The molecule has 6 N–H and O–H groups in total. The lowest BCUT2D eigenvalue weighted by molar-refractivity contribution is -0.137. The lowest BCUT2D eigenvalue weighted by Gasteiger charge is -2.47. The number of nitrogens with zero attached hydrogens (tertiary/aromatic N) is 1. The van der Waals surface area contributed by atoms with Gasteiger partial charge in [-0.3, -0.25) is 24.1 Å². The zero-order chi connectivity index (χ0) is 29.1. The highest BCUT2D eigenvalue weighted by Crippen LogP contribution is 2.54. The molecule has 1 saturated carbocycles. The summed E-state index contributed by atoms with van der Waals surface area (Å²) in [6.45, 7) is 7.50. The maximum Gasteiger partial charge on any atom is 0.255 e. The zero-order valence-electron chi connectivity index (χ0n) is 23.2. The van der Waals surface area contributed by atoms with Crippen molar-refractivity contribution < 1.29 is 34.5 Å². The Morgan fingerprint density at radius 3 is 2.31 bits per heavy atom. The number of primary amides is 1. The third-order valence-corrected chi connectivity index (χ3v) is 8.16. The third kappa shape index (κ3) is 4.71. The van der Waals surface area contributed by atoms with Crippen molar-refractivity contribution in [3.8, 4) is 5.75 Å². The first-order chi connectivity index (χ1) is 18.1. The minimum absolute atomic E-state index is 0.0326. The molecule has 210 valence electrons. The molecule has 2 amide bonds. The summed E-state index contributed by atoms with van der Waals surface area (Å²) in [6, 6.07) is 2.73. The Morgan fingerprint density at radius 2 is 1.74 bits per heavy atom. The van der Waals surface area contributed by atoms with Crippen LogP contribution in [-0.2, 0) is 25.6 Å². The smallest absolute Gasteiger partial charge is 0.255 e. The van der Waals surface area contributed by atoms with E-state index in [1.165, 1.54) is 0 Å². The average Bonchev–Trinajstić information content (AvgIpc) is 2.79. The number of nitrogens with two attached hydrogens (primary N) is 1. The number of hydrogen-bond acceptors (Lipinski definition) is 8. The van der Waals surface area contributed by atoms with Crippen LogP contribution in [0, 0.1) is 17.8 Å². The fourth-order valence-electron chi connectivity index (χ4n) is 6.53. The molecule has 0 aliphatic heterocycles. The van der Waals surface area contributed by atoms with E-state index in [4.69, 9.17) is 5.73 Å². The van der Waals surface area contributed by atoms with E-state index in [9.17, 15) is 34.5 Å². The molecule has 0 aromatic heterocycles. The Kier molecular flexibility index (Phi) is 7.14. The molecule has 0 heterocycles. The van der Waals surface area contributed by atoms with Crippen LogP contribution in [0.3, 0.4) is 0 Å². The van der Waals surface area contributed by atoms with E-state index in [-0.39, 0.29) is 48.0 Å². The van der Waals surface area contributed by atoms with Crippen LogP contribution < -0.4 is 11.1 Å². The number of benzene rings is 1. The number of likely N-dealkylation sites (N-methyl/N-ethyl adjacent to an activating group) is 1. The summed E-state index contributed by atoms with van der Waals surface area (Å²) < 4.78 is 0. The predicted octanol–water partition coefficient (Wildman–Crippen LogP) is 2.26. The molecular formula is C29H37N3O7. The monoisotopic (exact) mass is 539 g/mol. The number of fused-ring (bicyclic) bond motifs is 3. The Labute approximate surface area is 227 Å². The summed E-state index contributed by atoms with van der Waals surface area (Å²) in [5.74, 6) is -6.56. The van der Waals surface area contributed by atoms with Gasteiger partial charge < -0.3 is 26.4 Å². The molecule has 10 heteroatoms. The van der Waals surface area contributed by atoms with Crippen molar-refractivity contribution in [2.75, 3.05) is 14.1 Å². The van der Waals surface area contributed by atoms with E-state index in [1.54, 1.807) is 31.1 Å². The van der Waals surface area contributed by atoms with Crippen LogP contribution in [0.2, 0.25) is 0 Å². The molecule has 0 spiro atoms. The van der Waals surface area contributed by atoms with Gasteiger partial charge in [0.1, 0.15) is 22.8 Å². The number of carbonyl (C=O) groups is 4. The molecule has 5 unspecified atom stereocenters. The van der Waals surface area contributed by atoms with E-state index < -0.39 is 63.9 Å². The maximum atomic E-state index is 13.9. The highest BCUT2D eigenvalue weighted by molar-refractivity contribution is 6.28. The number of carbonyl (C=O) groups excluding carboxylic acids is 4. The van der Waals surface area contributed by atoms with Crippen LogP contribution in [-0.4, -0.2) is 69.3 Å². The highest BCUT2D eigenvalue weighted by atomic mass is 16.3. The van der Waals surface area contributed by atoms with Crippen molar-refractivity contribution >= 4 is 29.1 Å². The van der Waals surface area contributed by atoms with Crippen LogP contribution in [0.5, 0.6) is 5.75 Å². The number of aliphatic hydroxyl groups is 2. The number of ketones is 2. The molecule has 1 fully saturated rings. The number of nitrogens with one attached hydrogen (secondary N) is 1. The first kappa shape index (κ1) is 28.4. The molecular weight excluding hydrogens is 502 g/mol. The van der Waals surface area contributed by atoms with E-state index in [1.807, 2.05) is 27.7 Å². The van der Waals surface area contributed by atoms with Crippen molar-refractivity contribution in [1.29, 1.82) is 0 Å². The highest BCUT2D eigenvalue weighted by Gasteiger charge is 2.56. The first-order valence-corrected chi connectivity index (χ1v) is 13.1. The van der Waals surface area contributed by atoms with Gasteiger partial charge >= 0.3 is 0 Å². The van der Waals surface area contributed by atoms with Crippen molar-refractivity contribution in [2.24, 2.45) is 23.5 Å². The topological polar surface area (TPSA) is 170 Å². The van der Waals surface area contributed by atoms with Gasteiger partial charge in [-0.25, -0.2) is 0 Å². The molecule has 10 nitrogen and oxygen atoms in total. The molecule has 0 radical (unpaired) electrons. The predicted molar refractivity (Wildman–Crippen MR) is 144 cm³/mol. The molecule has 1 aromatic rings. The molecule has 39 heavy (non-hydrogen) atoms. The molecule has 3 aliphatic carbocycles. The first-order valence-electron chi connectivity index (χ1n) is 13.1. The van der Waals surface area contributed by atoms with Gasteiger partial charge in [-0.2, -0.15) is 0 Å². The maximum absolute atomic E-state index is 13.9. The number of amides is 2. The number of rotatable bonds is 5. The molecule has 1 aromatic carbocycles. The minimum Gasteiger partial charge on any atom is -0.510 e. The summed E-state index contributed by atoms with van der Waals surface area (Å²) in [5, 5.41) is 36.3. The van der Waals surface area contributed by atoms with E-state index in [0.717, 1.165) is 0 Å². The average molecular weight is 540 g/mol. The van der Waals surface area contributed by atoms with Crippen LogP contribution in [0.1, 0.15) is 63.1 Å². The Bertz CT molecular complexity index is 1330. The van der Waals surface area contributed by atoms with Crippen LogP contribution in [0.25, 0.3) is 5.76 Å². The van der Waals surface area contributed by atoms with Crippen molar-refractivity contribution in [1.82, 2.24) is 10.2 Å². The number of phenols is 1. The second-order valence-electron chi connectivity index (χ2n) is 12.1. The SMILES string of the molecule is CC1c2ccc(CCC(=O)NC(C)(C)C)c(O)c2C(O)=C2C(=O)C3C(=O)C(C(N)=O)=C(O)C(N(C)C)C3CC21. The van der Waals surface area contributed by atoms with Crippen molar-refractivity contribution in [3.63, 3.8) is 0 Å². The summed E-state index contributed by atoms with van der Waals surface area (Å²) >= 11 is 0. The van der Waals surface area contributed by atoms with Gasteiger partial charge in [-0.15, -0.1) is 0 Å². The third-order valence-electron chi connectivity index (χ3n) is 8.16. The summed E-state index contributed by atoms with van der Waals surface area (Å²) in [4.78, 5) is 53.3. The van der Waals surface area contributed by atoms with Gasteiger partial charge in [0, 0.05) is 17.5 Å². The number of Topliss-reactive ketones (excluding diaryl/α,β-unsaturated/α-hetero) is 2. The Hall–Kier alpha value is -3.66. The fourth-order valence-corrected chi connectivity index (χ4v) is 6.53. The van der Waals surface area contributed by atoms with Gasteiger partial charge in [0.05, 0.1) is 17.5 Å². The Balaban J connectivity index is 1.76. The van der Waals surface area contributed by atoms with Crippen molar-refractivity contribution in [3.05, 3.63) is 45.7 Å². The molecule has 0 bridgehead atoms. The van der Waals surface area contributed by atoms with Crippen LogP contribution in [0.15, 0.2) is 29.0 Å². The largest absolute Gasteiger partial charge is 0.510 e. The normalized spacial score (nSPS) is 26.8. The van der Waals surface area contributed by atoms with Crippen LogP contribution in [0.4, 0.5) is 0 Å². The van der Waals surface area contributed by atoms with E-state index >= 15 is 0 Å². The summed E-state index contributed by atoms with van der Waals surface area (Å²) in [6.07, 6.45) is 0.625. The van der Waals surface area contributed by atoms with Gasteiger partial charge in [-0.1, -0.05) is 19.1 Å².